The van der Waals surface area contributed by atoms with E-state index in [1.54, 1.807) is 16.8 Å². The first-order valence-electron chi connectivity index (χ1n) is 5.48. The van der Waals surface area contributed by atoms with Crippen LogP contribution in [0.4, 0.5) is 4.39 Å². The number of aryl methyl sites for hydroxylation is 1. The van der Waals surface area contributed by atoms with E-state index in [1.165, 1.54) is 19.5 Å². The lowest BCUT2D eigenvalue weighted by molar-refractivity contribution is 0.412. The highest BCUT2D eigenvalue weighted by Crippen LogP contribution is 2.30. The lowest BCUT2D eigenvalue weighted by Gasteiger charge is -2.09. The molecule has 0 N–H and O–H groups in total. The Morgan fingerprint density at radius 1 is 1.41 bits per heavy atom. The molecule has 2 aromatic rings. The van der Waals surface area contributed by atoms with Crippen molar-refractivity contribution in [2.45, 2.75) is 19.9 Å². The van der Waals surface area contributed by atoms with Gasteiger partial charge in [0, 0.05) is 6.54 Å². The van der Waals surface area contributed by atoms with Crippen LogP contribution in [0.2, 0.25) is 0 Å². The van der Waals surface area contributed by atoms with E-state index in [0.29, 0.717) is 23.7 Å². The van der Waals surface area contributed by atoms with Gasteiger partial charge in [-0.25, -0.2) is 14.1 Å². The van der Waals surface area contributed by atoms with Crippen LogP contribution in [0.3, 0.4) is 0 Å². The highest BCUT2D eigenvalue weighted by molar-refractivity contribution is 5.64. The Balaban J connectivity index is 2.55. The molecule has 4 nitrogen and oxygen atoms in total. The molecule has 0 radical (unpaired) electrons. The maximum atomic E-state index is 13.9. The van der Waals surface area contributed by atoms with Gasteiger partial charge in [0.2, 0.25) is 0 Å². The summed E-state index contributed by atoms with van der Waals surface area (Å²) in [4.78, 5) is 4.11. The van der Waals surface area contributed by atoms with E-state index < -0.39 is 0 Å². The summed E-state index contributed by atoms with van der Waals surface area (Å²) in [7, 11) is 1.51. The van der Waals surface area contributed by atoms with E-state index in [-0.39, 0.29) is 5.82 Å². The first-order valence-corrected chi connectivity index (χ1v) is 5.48. The Hall–Kier alpha value is -1.91. The molecule has 0 unspecified atom stereocenters. The van der Waals surface area contributed by atoms with Crippen LogP contribution < -0.4 is 4.74 Å². The van der Waals surface area contributed by atoms with E-state index >= 15 is 0 Å². The van der Waals surface area contributed by atoms with Crippen LogP contribution in [0.5, 0.6) is 5.75 Å². The van der Waals surface area contributed by atoms with E-state index in [9.17, 15) is 4.39 Å². The number of rotatable bonds is 4. The fourth-order valence-electron chi connectivity index (χ4n) is 1.72. The average Bonchev–Trinajstić information content (AvgIpc) is 2.77. The Kier molecular flexibility index (Phi) is 3.37. The molecule has 0 aliphatic rings. The Morgan fingerprint density at radius 3 is 2.94 bits per heavy atom. The third-order valence-corrected chi connectivity index (χ3v) is 2.47. The highest BCUT2D eigenvalue weighted by atomic mass is 19.1. The third-order valence-electron chi connectivity index (χ3n) is 2.47. The van der Waals surface area contributed by atoms with Crippen LogP contribution in [0.1, 0.15) is 13.3 Å². The first-order chi connectivity index (χ1) is 8.27. The topological polar surface area (TPSA) is 39.9 Å². The van der Waals surface area contributed by atoms with E-state index in [4.69, 9.17) is 4.74 Å². The number of nitrogens with zero attached hydrogens (tertiary/aromatic N) is 3. The Morgan fingerprint density at radius 2 is 2.24 bits per heavy atom. The molecule has 5 heteroatoms. The molecule has 0 spiro atoms. The van der Waals surface area contributed by atoms with Crippen LogP contribution in [0, 0.1) is 5.82 Å². The lowest BCUT2D eigenvalue weighted by atomic mass is 10.1. The fourth-order valence-corrected chi connectivity index (χ4v) is 1.72. The van der Waals surface area contributed by atoms with Crippen molar-refractivity contribution in [1.29, 1.82) is 0 Å². The van der Waals surface area contributed by atoms with E-state index in [1.807, 2.05) is 6.92 Å². The molecule has 0 saturated heterocycles. The molecule has 0 aliphatic carbocycles. The second kappa shape index (κ2) is 4.95. The molecule has 0 fully saturated rings. The number of halogens is 1. The average molecular weight is 235 g/mol. The Labute approximate surface area is 99.1 Å². The molecule has 2 rings (SSSR count). The number of ether oxygens (including phenoxy) is 1. The number of methoxy groups -OCH3 is 1. The number of aromatic nitrogens is 3. The van der Waals surface area contributed by atoms with E-state index in [2.05, 4.69) is 10.1 Å². The van der Waals surface area contributed by atoms with Gasteiger partial charge in [-0.15, -0.1) is 0 Å². The summed E-state index contributed by atoms with van der Waals surface area (Å²) in [6, 6.07) is 4.71. The van der Waals surface area contributed by atoms with Gasteiger partial charge in [-0.1, -0.05) is 13.0 Å². The van der Waals surface area contributed by atoms with Crippen molar-refractivity contribution in [2.75, 3.05) is 7.11 Å². The van der Waals surface area contributed by atoms with Crippen molar-refractivity contribution in [3.05, 3.63) is 30.3 Å². The van der Waals surface area contributed by atoms with Gasteiger partial charge >= 0.3 is 0 Å². The van der Waals surface area contributed by atoms with Crippen molar-refractivity contribution in [1.82, 2.24) is 14.8 Å². The van der Waals surface area contributed by atoms with Crippen molar-refractivity contribution >= 4 is 0 Å². The van der Waals surface area contributed by atoms with Crippen LogP contribution in [0.25, 0.3) is 11.4 Å². The first kappa shape index (κ1) is 11.6. The molecule has 90 valence electrons. The molecule has 0 bridgehead atoms. The fraction of sp³-hybridized carbons (Fsp3) is 0.333. The smallest absolute Gasteiger partial charge is 0.164 e. The van der Waals surface area contributed by atoms with Crippen LogP contribution in [-0.4, -0.2) is 21.9 Å². The second-order valence-corrected chi connectivity index (χ2v) is 3.62. The third kappa shape index (κ3) is 2.13. The molecule has 0 atom stereocenters. The minimum absolute atomic E-state index is 0.352. The summed E-state index contributed by atoms with van der Waals surface area (Å²) in [6.45, 7) is 2.73. The SMILES string of the molecule is CCCn1ncnc1-c1c(F)cccc1OC. The largest absolute Gasteiger partial charge is 0.496 e. The summed E-state index contributed by atoms with van der Waals surface area (Å²) in [5, 5.41) is 4.08. The molecule has 17 heavy (non-hydrogen) atoms. The van der Waals surface area contributed by atoms with Crippen molar-refractivity contribution in [3.8, 4) is 17.1 Å². The quantitative estimate of drug-likeness (QED) is 0.817. The molecule has 0 saturated carbocycles. The maximum absolute atomic E-state index is 13.9. The zero-order valence-corrected chi connectivity index (χ0v) is 9.85. The molecule has 0 aliphatic heterocycles. The van der Waals surface area contributed by atoms with Gasteiger partial charge in [-0.05, 0) is 18.6 Å². The van der Waals surface area contributed by atoms with Crippen LogP contribution in [-0.2, 0) is 6.54 Å². The van der Waals surface area contributed by atoms with Crippen LogP contribution >= 0.6 is 0 Å². The predicted octanol–water partition coefficient (Wildman–Crippen LogP) is 2.50. The van der Waals surface area contributed by atoms with Crippen molar-refractivity contribution in [2.24, 2.45) is 0 Å². The molecule has 1 aromatic carbocycles. The Bertz CT molecular complexity index is 510. The van der Waals surface area contributed by atoms with Gasteiger partial charge in [0.05, 0.1) is 12.7 Å². The monoisotopic (exact) mass is 235 g/mol. The highest BCUT2D eigenvalue weighted by Gasteiger charge is 2.16. The van der Waals surface area contributed by atoms with Gasteiger partial charge in [-0.3, -0.25) is 0 Å². The number of hydrogen-bond donors (Lipinski definition) is 0. The minimum Gasteiger partial charge on any atom is -0.496 e. The van der Waals surface area contributed by atoms with Crippen molar-refractivity contribution in [3.63, 3.8) is 0 Å². The number of benzene rings is 1. The number of hydrogen-bond acceptors (Lipinski definition) is 3. The summed E-state index contributed by atoms with van der Waals surface area (Å²) < 4.78 is 20.7. The summed E-state index contributed by atoms with van der Waals surface area (Å²) in [5.74, 6) is 0.617. The lowest BCUT2D eigenvalue weighted by Crippen LogP contribution is -2.04. The molecule has 1 heterocycles. The van der Waals surface area contributed by atoms with Gasteiger partial charge in [0.25, 0.3) is 0 Å². The summed E-state index contributed by atoms with van der Waals surface area (Å²) in [5.41, 5.74) is 0.362. The standard InChI is InChI=1S/C12H14FN3O/c1-3-7-16-12(14-8-15-16)11-9(13)5-4-6-10(11)17-2/h4-6,8H,3,7H2,1-2H3. The van der Waals surface area contributed by atoms with Gasteiger partial charge in [0.1, 0.15) is 17.9 Å². The second-order valence-electron chi connectivity index (χ2n) is 3.62. The van der Waals surface area contributed by atoms with E-state index in [0.717, 1.165) is 6.42 Å². The summed E-state index contributed by atoms with van der Waals surface area (Å²) >= 11 is 0. The van der Waals surface area contributed by atoms with Gasteiger partial charge in [-0.2, -0.15) is 5.10 Å². The molecular formula is C12H14FN3O. The normalized spacial score (nSPS) is 10.5. The molecular weight excluding hydrogens is 221 g/mol. The van der Waals surface area contributed by atoms with Crippen LogP contribution in [0.15, 0.2) is 24.5 Å². The predicted molar refractivity (Wildman–Crippen MR) is 62.3 cm³/mol. The molecule has 1 aromatic heterocycles. The summed E-state index contributed by atoms with van der Waals surface area (Å²) in [6.07, 6.45) is 2.34. The maximum Gasteiger partial charge on any atom is 0.164 e. The van der Waals surface area contributed by atoms with Crippen molar-refractivity contribution < 1.29 is 9.13 Å². The molecule has 0 amide bonds. The van der Waals surface area contributed by atoms with Gasteiger partial charge in [0.15, 0.2) is 5.82 Å². The minimum atomic E-state index is -0.352. The zero-order chi connectivity index (χ0) is 12.3. The van der Waals surface area contributed by atoms with Gasteiger partial charge < -0.3 is 4.74 Å². The zero-order valence-electron chi connectivity index (χ0n) is 9.85.